The van der Waals surface area contributed by atoms with Gasteiger partial charge < -0.3 is 9.64 Å². The third-order valence-electron chi connectivity index (χ3n) is 5.25. The van der Waals surface area contributed by atoms with E-state index in [1.165, 1.54) is 24.1 Å². The molecule has 1 saturated carbocycles. The van der Waals surface area contributed by atoms with Crippen molar-refractivity contribution in [3.05, 3.63) is 59.9 Å². The first-order chi connectivity index (χ1) is 11.8. The second-order valence-corrected chi connectivity index (χ2v) is 6.66. The predicted molar refractivity (Wildman–Crippen MR) is 94.3 cm³/mol. The van der Waals surface area contributed by atoms with E-state index in [1.807, 2.05) is 6.07 Å². The van der Waals surface area contributed by atoms with E-state index in [9.17, 15) is 4.39 Å². The summed E-state index contributed by atoms with van der Waals surface area (Å²) < 4.78 is 18.7. The van der Waals surface area contributed by atoms with E-state index in [0.717, 1.165) is 31.9 Å². The zero-order chi connectivity index (χ0) is 16.5. The van der Waals surface area contributed by atoms with Crippen molar-refractivity contribution in [3.63, 3.8) is 0 Å². The van der Waals surface area contributed by atoms with Crippen molar-refractivity contribution in [1.82, 2.24) is 4.90 Å². The van der Waals surface area contributed by atoms with E-state index >= 15 is 0 Å². The second-order valence-electron chi connectivity index (χ2n) is 6.66. The highest BCUT2D eigenvalue weighted by molar-refractivity contribution is 5.59. The Bertz CT molecular complexity index is 698. The fourth-order valence-corrected chi connectivity index (χ4v) is 3.85. The molecule has 2 aromatic carbocycles. The van der Waals surface area contributed by atoms with Gasteiger partial charge in [-0.1, -0.05) is 30.3 Å². The summed E-state index contributed by atoms with van der Waals surface area (Å²) in [6.07, 6.45) is 1.27. The molecule has 1 saturated heterocycles. The third-order valence-corrected chi connectivity index (χ3v) is 5.25. The lowest BCUT2D eigenvalue weighted by Gasteiger charge is -2.37. The zero-order valence-electron chi connectivity index (χ0n) is 14.0. The minimum absolute atomic E-state index is 0.252. The number of hydrogen-bond acceptors (Lipinski definition) is 3. The van der Waals surface area contributed by atoms with Gasteiger partial charge >= 0.3 is 0 Å². The Morgan fingerprint density at radius 3 is 2.46 bits per heavy atom. The Morgan fingerprint density at radius 2 is 1.75 bits per heavy atom. The minimum Gasteiger partial charge on any atom is -0.494 e. The van der Waals surface area contributed by atoms with Gasteiger partial charge in [-0.15, -0.1) is 0 Å². The molecular weight excluding hydrogens is 303 g/mol. The maximum absolute atomic E-state index is 13.4. The molecule has 4 rings (SSSR count). The van der Waals surface area contributed by atoms with Crippen LogP contribution in [0.1, 0.15) is 17.9 Å². The molecule has 0 bridgehead atoms. The van der Waals surface area contributed by atoms with Crippen molar-refractivity contribution in [3.8, 4) is 5.75 Å². The largest absolute Gasteiger partial charge is 0.494 e. The first-order valence-corrected chi connectivity index (χ1v) is 8.64. The fraction of sp³-hybridized carbons (Fsp3) is 0.400. The van der Waals surface area contributed by atoms with Crippen molar-refractivity contribution in [2.45, 2.75) is 18.4 Å². The van der Waals surface area contributed by atoms with Gasteiger partial charge in [0.2, 0.25) is 0 Å². The molecule has 24 heavy (non-hydrogen) atoms. The maximum Gasteiger partial charge on any atom is 0.145 e. The maximum atomic E-state index is 13.4. The summed E-state index contributed by atoms with van der Waals surface area (Å²) in [4.78, 5) is 4.90. The van der Waals surface area contributed by atoms with Crippen LogP contribution in [-0.2, 0) is 0 Å². The van der Waals surface area contributed by atoms with E-state index in [4.69, 9.17) is 4.74 Å². The van der Waals surface area contributed by atoms with E-state index < -0.39 is 0 Å². The predicted octanol–water partition coefficient (Wildman–Crippen LogP) is 3.51. The standard InChI is InChI=1S/C20H23FN2O/c1-24-20-13-16(21)7-8-18(20)22-9-11-23(12-10-22)19-14-17(19)15-5-3-2-4-6-15/h2-8,13,17,19H,9-12,14H2,1H3/t17-,19+/m0/s1. The van der Waals surface area contributed by atoms with E-state index in [2.05, 4.69) is 40.1 Å². The van der Waals surface area contributed by atoms with Crippen LogP contribution in [0.5, 0.6) is 5.75 Å². The summed E-state index contributed by atoms with van der Waals surface area (Å²) in [6.45, 7) is 4.02. The van der Waals surface area contributed by atoms with Crippen LogP contribution < -0.4 is 9.64 Å². The molecule has 2 aromatic rings. The van der Waals surface area contributed by atoms with Crippen molar-refractivity contribution in [2.24, 2.45) is 0 Å². The number of benzene rings is 2. The minimum atomic E-state index is -0.252. The number of methoxy groups -OCH3 is 1. The molecule has 4 heteroatoms. The van der Waals surface area contributed by atoms with Crippen LogP contribution in [0.2, 0.25) is 0 Å². The van der Waals surface area contributed by atoms with Crippen molar-refractivity contribution < 1.29 is 9.13 Å². The summed E-state index contributed by atoms with van der Waals surface area (Å²) in [5.41, 5.74) is 2.46. The topological polar surface area (TPSA) is 15.7 Å². The number of ether oxygens (including phenoxy) is 1. The van der Waals surface area contributed by atoms with Gasteiger partial charge in [0.25, 0.3) is 0 Å². The van der Waals surface area contributed by atoms with E-state index in [-0.39, 0.29) is 5.82 Å². The average Bonchev–Trinajstić information content (AvgIpc) is 3.43. The number of nitrogens with zero attached hydrogens (tertiary/aromatic N) is 2. The second kappa shape index (κ2) is 6.44. The molecular formula is C20H23FN2O. The lowest BCUT2D eigenvalue weighted by Crippen LogP contribution is -2.47. The van der Waals surface area contributed by atoms with E-state index in [0.29, 0.717) is 17.7 Å². The van der Waals surface area contributed by atoms with Crippen LogP contribution in [-0.4, -0.2) is 44.2 Å². The molecule has 0 radical (unpaired) electrons. The number of piperazine rings is 1. The molecule has 2 atom stereocenters. The SMILES string of the molecule is COc1cc(F)ccc1N1CCN([C@@H]2C[C@H]2c2ccccc2)CC1. The quantitative estimate of drug-likeness (QED) is 0.855. The Kier molecular flexibility index (Phi) is 4.15. The normalized spacial score (nSPS) is 24.0. The smallest absolute Gasteiger partial charge is 0.145 e. The van der Waals surface area contributed by atoms with Gasteiger partial charge in [-0.05, 0) is 24.1 Å². The first-order valence-electron chi connectivity index (χ1n) is 8.64. The molecule has 1 heterocycles. The molecule has 0 amide bonds. The van der Waals surface area contributed by atoms with Gasteiger partial charge in [-0.2, -0.15) is 0 Å². The molecule has 0 N–H and O–H groups in total. The Hall–Kier alpha value is -2.07. The summed E-state index contributed by atoms with van der Waals surface area (Å²) in [5, 5.41) is 0. The van der Waals surface area contributed by atoms with Crippen LogP contribution in [0.15, 0.2) is 48.5 Å². The Morgan fingerprint density at radius 1 is 1.00 bits per heavy atom. The summed E-state index contributed by atoms with van der Waals surface area (Å²) in [6, 6.07) is 16.3. The van der Waals surface area contributed by atoms with Gasteiger partial charge in [0.15, 0.2) is 0 Å². The summed E-state index contributed by atoms with van der Waals surface area (Å²) >= 11 is 0. The highest BCUT2D eigenvalue weighted by atomic mass is 19.1. The van der Waals surface area contributed by atoms with Crippen LogP contribution in [0.3, 0.4) is 0 Å². The number of halogens is 1. The Balaban J connectivity index is 1.38. The zero-order valence-corrected chi connectivity index (χ0v) is 14.0. The molecule has 2 fully saturated rings. The van der Waals surface area contributed by atoms with Crippen LogP contribution in [0, 0.1) is 5.82 Å². The molecule has 1 aliphatic carbocycles. The highest BCUT2D eigenvalue weighted by Gasteiger charge is 2.43. The third kappa shape index (κ3) is 2.98. The Labute approximate surface area is 142 Å². The molecule has 0 unspecified atom stereocenters. The van der Waals surface area contributed by atoms with Crippen molar-refractivity contribution >= 4 is 5.69 Å². The van der Waals surface area contributed by atoms with Gasteiger partial charge in [-0.25, -0.2) is 4.39 Å². The van der Waals surface area contributed by atoms with Crippen LogP contribution in [0.25, 0.3) is 0 Å². The summed E-state index contributed by atoms with van der Waals surface area (Å²) in [5.74, 6) is 1.06. The molecule has 1 aliphatic heterocycles. The van der Waals surface area contributed by atoms with Crippen LogP contribution >= 0.6 is 0 Å². The molecule has 3 nitrogen and oxygen atoms in total. The molecule has 0 aromatic heterocycles. The van der Waals surface area contributed by atoms with Crippen molar-refractivity contribution in [1.29, 1.82) is 0 Å². The lowest BCUT2D eigenvalue weighted by molar-refractivity contribution is 0.243. The lowest BCUT2D eigenvalue weighted by atomic mass is 10.1. The van der Waals surface area contributed by atoms with Gasteiger partial charge in [0.1, 0.15) is 11.6 Å². The molecule has 0 spiro atoms. The molecule has 2 aliphatic rings. The van der Waals surface area contributed by atoms with Gasteiger partial charge in [0.05, 0.1) is 12.8 Å². The van der Waals surface area contributed by atoms with Crippen molar-refractivity contribution in [2.75, 3.05) is 38.2 Å². The highest BCUT2D eigenvalue weighted by Crippen LogP contribution is 2.45. The fourth-order valence-electron chi connectivity index (χ4n) is 3.85. The van der Waals surface area contributed by atoms with Crippen LogP contribution in [0.4, 0.5) is 10.1 Å². The average molecular weight is 326 g/mol. The van der Waals surface area contributed by atoms with Gasteiger partial charge in [0, 0.05) is 44.2 Å². The monoisotopic (exact) mass is 326 g/mol. The van der Waals surface area contributed by atoms with Gasteiger partial charge in [-0.3, -0.25) is 4.90 Å². The number of rotatable bonds is 4. The van der Waals surface area contributed by atoms with E-state index in [1.54, 1.807) is 7.11 Å². The summed E-state index contributed by atoms with van der Waals surface area (Å²) in [7, 11) is 1.60. The number of anilines is 1. The molecule has 126 valence electrons. The number of hydrogen-bond donors (Lipinski definition) is 0. The first kappa shape index (κ1) is 15.5.